The maximum Gasteiger partial charge on any atom is 0.315 e. The fourth-order valence-corrected chi connectivity index (χ4v) is 5.42. The lowest BCUT2D eigenvalue weighted by Gasteiger charge is -2.45. The van der Waals surface area contributed by atoms with E-state index in [4.69, 9.17) is 4.74 Å². The van der Waals surface area contributed by atoms with Crippen molar-refractivity contribution < 1.29 is 36.6 Å². The first kappa shape index (κ1) is 22.8. The van der Waals surface area contributed by atoms with Crippen LogP contribution in [-0.4, -0.2) is 54.1 Å². The molecule has 0 aromatic rings. The number of ether oxygens (including phenoxy) is 1. The third-order valence-corrected chi connectivity index (χ3v) is 7.25. The number of halogens is 5. The van der Waals surface area contributed by atoms with Gasteiger partial charge in [-0.3, -0.25) is 4.79 Å². The van der Waals surface area contributed by atoms with Crippen molar-refractivity contribution in [2.75, 3.05) is 6.61 Å². The lowest BCUT2D eigenvalue weighted by molar-refractivity contribution is -0.183. The molecular formula is C21H31F5O3. The summed E-state index contributed by atoms with van der Waals surface area (Å²) in [6.07, 6.45) is -5.46. The number of aliphatic hydroxyl groups is 1. The summed E-state index contributed by atoms with van der Waals surface area (Å²) in [4.78, 5) is 12.4. The maximum absolute atomic E-state index is 14.1. The van der Waals surface area contributed by atoms with Crippen LogP contribution in [0.25, 0.3) is 0 Å². The van der Waals surface area contributed by atoms with Gasteiger partial charge in [-0.05, 0) is 37.5 Å². The molecule has 0 amide bonds. The fourth-order valence-electron chi connectivity index (χ4n) is 5.42. The Morgan fingerprint density at radius 1 is 0.724 bits per heavy atom. The predicted molar refractivity (Wildman–Crippen MR) is 97.0 cm³/mol. The first-order chi connectivity index (χ1) is 13.8. The van der Waals surface area contributed by atoms with Crippen LogP contribution in [0.3, 0.4) is 0 Å². The van der Waals surface area contributed by atoms with Gasteiger partial charge in [0.2, 0.25) is 0 Å². The average molecular weight is 426 g/mol. The van der Waals surface area contributed by atoms with Gasteiger partial charge in [-0.25, -0.2) is 22.0 Å². The van der Waals surface area contributed by atoms with E-state index in [0.717, 1.165) is 64.2 Å². The minimum absolute atomic E-state index is 0.0982. The van der Waals surface area contributed by atoms with Gasteiger partial charge in [0, 0.05) is 0 Å². The lowest BCUT2D eigenvalue weighted by atomic mass is 9.66. The van der Waals surface area contributed by atoms with E-state index in [1.165, 1.54) is 0 Å². The van der Waals surface area contributed by atoms with Gasteiger partial charge in [0.1, 0.15) is 18.1 Å². The Labute approximate surface area is 168 Å². The van der Waals surface area contributed by atoms with Gasteiger partial charge in [0.25, 0.3) is 0 Å². The molecule has 0 aromatic carbocycles. The molecule has 0 heterocycles. The molecule has 3 saturated carbocycles. The molecule has 4 unspecified atom stereocenters. The van der Waals surface area contributed by atoms with Gasteiger partial charge >= 0.3 is 5.97 Å². The third kappa shape index (κ3) is 4.57. The number of rotatable bonds is 5. The van der Waals surface area contributed by atoms with Crippen LogP contribution < -0.4 is 0 Å². The number of hydrogen-bond acceptors (Lipinski definition) is 3. The van der Waals surface area contributed by atoms with E-state index in [1.54, 1.807) is 0 Å². The number of hydrogen-bond donors (Lipinski definition) is 1. The van der Waals surface area contributed by atoms with Crippen molar-refractivity contribution in [1.29, 1.82) is 0 Å². The summed E-state index contributed by atoms with van der Waals surface area (Å²) < 4.78 is 74.0. The summed E-state index contributed by atoms with van der Waals surface area (Å²) in [7, 11) is 0. The van der Waals surface area contributed by atoms with Crippen molar-refractivity contribution in [2.24, 2.45) is 17.8 Å². The van der Waals surface area contributed by atoms with E-state index in [9.17, 15) is 31.9 Å². The van der Waals surface area contributed by atoms with E-state index in [0.29, 0.717) is 0 Å². The van der Waals surface area contributed by atoms with E-state index >= 15 is 0 Å². The van der Waals surface area contributed by atoms with Gasteiger partial charge in [-0.15, -0.1) is 0 Å². The molecule has 0 aliphatic heterocycles. The summed E-state index contributed by atoms with van der Waals surface area (Å²) in [6.45, 7) is -0.454. The van der Waals surface area contributed by atoms with Crippen LogP contribution in [0, 0.1) is 17.8 Å². The molecule has 0 bridgehead atoms. The highest BCUT2D eigenvalue weighted by Crippen LogP contribution is 2.44. The van der Waals surface area contributed by atoms with Crippen molar-refractivity contribution in [2.45, 2.75) is 101 Å². The normalized spacial score (nSPS) is 38.0. The van der Waals surface area contributed by atoms with Crippen molar-refractivity contribution in [3.63, 3.8) is 0 Å². The lowest BCUT2D eigenvalue weighted by Crippen LogP contribution is -2.57. The first-order valence-electron chi connectivity index (χ1n) is 10.9. The Balaban J connectivity index is 1.71. The third-order valence-electron chi connectivity index (χ3n) is 7.25. The number of alkyl halides is 5. The van der Waals surface area contributed by atoms with Crippen LogP contribution in [0.15, 0.2) is 0 Å². The highest BCUT2D eigenvalue weighted by atomic mass is 19.2. The van der Waals surface area contributed by atoms with Crippen LogP contribution in [0.4, 0.5) is 22.0 Å². The molecule has 0 saturated heterocycles. The summed E-state index contributed by atoms with van der Waals surface area (Å²) in [5.74, 6) is -4.01. The van der Waals surface area contributed by atoms with Crippen LogP contribution in [-0.2, 0) is 9.53 Å². The van der Waals surface area contributed by atoms with Gasteiger partial charge in [0.15, 0.2) is 30.9 Å². The van der Waals surface area contributed by atoms with E-state index < -0.39 is 55.0 Å². The number of carbonyl (C=O) groups is 1. The second kappa shape index (κ2) is 9.48. The van der Waals surface area contributed by atoms with Crippen molar-refractivity contribution >= 4 is 5.97 Å². The van der Waals surface area contributed by atoms with Gasteiger partial charge in [-0.2, -0.15) is 0 Å². The molecule has 168 valence electrons. The Morgan fingerprint density at radius 3 is 1.52 bits per heavy atom. The minimum atomic E-state index is -2.95. The van der Waals surface area contributed by atoms with Crippen LogP contribution in [0.5, 0.6) is 0 Å². The summed E-state index contributed by atoms with van der Waals surface area (Å²) in [5, 5.41) is 11.5. The Bertz CT molecular complexity index is 516. The SMILES string of the molecule is O=C(OCC(O)(C1CCCCC1)C1CCCCC1)C1C(F)C(F)C(F)C(F)C1F. The first-order valence-corrected chi connectivity index (χ1v) is 10.9. The summed E-state index contributed by atoms with van der Waals surface area (Å²) >= 11 is 0. The zero-order valence-electron chi connectivity index (χ0n) is 16.6. The monoisotopic (exact) mass is 426 g/mol. The molecule has 4 atom stereocenters. The Morgan fingerprint density at radius 2 is 1.10 bits per heavy atom. The molecule has 0 radical (unpaired) electrons. The second-order valence-electron chi connectivity index (χ2n) is 9.02. The molecule has 0 aromatic heterocycles. The van der Waals surface area contributed by atoms with Gasteiger partial charge in [0.05, 0.1) is 0 Å². The maximum atomic E-state index is 14.1. The molecule has 3 rings (SSSR count). The molecule has 3 fully saturated rings. The van der Waals surface area contributed by atoms with E-state index in [2.05, 4.69) is 0 Å². The number of esters is 1. The quantitative estimate of drug-likeness (QED) is 0.510. The van der Waals surface area contributed by atoms with Crippen LogP contribution in [0.2, 0.25) is 0 Å². The Kier molecular flexibility index (Phi) is 7.44. The van der Waals surface area contributed by atoms with Gasteiger partial charge in [-0.1, -0.05) is 38.5 Å². The highest BCUT2D eigenvalue weighted by molar-refractivity contribution is 5.74. The minimum Gasteiger partial charge on any atom is -0.462 e. The van der Waals surface area contributed by atoms with Gasteiger partial charge < -0.3 is 9.84 Å². The molecule has 3 nitrogen and oxygen atoms in total. The fraction of sp³-hybridized carbons (Fsp3) is 0.952. The summed E-state index contributed by atoms with van der Waals surface area (Å²) in [6, 6.07) is 0. The molecule has 3 aliphatic carbocycles. The van der Waals surface area contributed by atoms with Crippen molar-refractivity contribution in [1.82, 2.24) is 0 Å². The van der Waals surface area contributed by atoms with Crippen LogP contribution >= 0.6 is 0 Å². The predicted octanol–water partition coefficient (Wildman–Crippen LogP) is 4.74. The van der Waals surface area contributed by atoms with E-state index in [-0.39, 0.29) is 11.8 Å². The largest absolute Gasteiger partial charge is 0.462 e. The summed E-state index contributed by atoms with van der Waals surface area (Å²) in [5.41, 5.74) is -1.32. The molecule has 1 N–H and O–H groups in total. The molecule has 8 heteroatoms. The van der Waals surface area contributed by atoms with E-state index in [1.807, 2.05) is 0 Å². The zero-order chi connectivity index (χ0) is 21.2. The standard InChI is InChI=1S/C21H31F5O3/c22-15-14(16(23)18(25)19(26)17(15)24)20(27)29-11-21(28,12-7-3-1-4-8-12)13-9-5-2-6-10-13/h12-19,28H,1-11H2. The molecule has 0 spiro atoms. The number of carbonyl (C=O) groups excluding carboxylic acids is 1. The topological polar surface area (TPSA) is 46.5 Å². The Hall–Kier alpha value is -0.920. The molecule has 3 aliphatic rings. The van der Waals surface area contributed by atoms with Crippen LogP contribution in [0.1, 0.15) is 64.2 Å². The molecule has 29 heavy (non-hydrogen) atoms. The highest BCUT2D eigenvalue weighted by Gasteiger charge is 2.57. The average Bonchev–Trinajstić information content (AvgIpc) is 2.76. The van der Waals surface area contributed by atoms with Crippen molar-refractivity contribution in [3.05, 3.63) is 0 Å². The zero-order valence-corrected chi connectivity index (χ0v) is 16.6. The second-order valence-corrected chi connectivity index (χ2v) is 9.02. The molecular weight excluding hydrogens is 395 g/mol. The smallest absolute Gasteiger partial charge is 0.315 e. The van der Waals surface area contributed by atoms with Crippen molar-refractivity contribution in [3.8, 4) is 0 Å².